The number of rotatable bonds is 3. The van der Waals surface area contributed by atoms with Crippen LogP contribution in [0.5, 0.6) is 0 Å². The third-order valence-electron chi connectivity index (χ3n) is 5.76. The number of hydrazone groups is 1. The molecule has 0 unspecified atom stereocenters. The van der Waals surface area contributed by atoms with Crippen LogP contribution >= 0.6 is 11.6 Å². The molecular formula is C23H28ClN3O. The van der Waals surface area contributed by atoms with Gasteiger partial charge in [0.05, 0.1) is 16.8 Å². The highest BCUT2D eigenvalue weighted by Gasteiger charge is 2.34. The molecule has 0 fully saturated rings. The van der Waals surface area contributed by atoms with E-state index in [4.69, 9.17) is 11.6 Å². The average molecular weight is 398 g/mol. The predicted molar refractivity (Wildman–Crippen MR) is 118 cm³/mol. The fraction of sp³-hybridized carbons (Fsp3) is 0.391. The number of aryl methyl sites for hydroxylation is 2. The van der Waals surface area contributed by atoms with E-state index >= 15 is 0 Å². The van der Waals surface area contributed by atoms with Gasteiger partial charge in [-0.2, -0.15) is 5.10 Å². The lowest BCUT2D eigenvalue weighted by Gasteiger charge is -2.45. The first-order chi connectivity index (χ1) is 13.1. The van der Waals surface area contributed by atoms with E-state index in [0.717, 1.165) is 23.1 Å². The molecule has 0 saturated carbocycles. The summed E-state index contributed by atoms with van der Waals surface area (Å²) in [6.07, 6.45) is 2.81. The van der Waals surface area contributed by atoms with Crippen molar-refractivity contribution < 1.29 is 4.79 Å². The van der Waals surface area contributed by atoms with Crippen LogP contribution in [0.1, 0.15) is 65.7 Å². The number of amides is 1. The first-order valence-electron chi connectivity index (χ1n) is 9.58. The first kappa shape index (κ1) is 20.4. The van der Waals surface area contributed by atoms with E-state index in [0.29, 0.717) is 16.5 Å². The number of hydrogen-bond donors (Lipinski definition) is 1. The minimum Gasteiger partial charge on any atom is -0.369 e. The summed E-state index contributed by atoms with van der Waals surface area (Å²) in [6, 6.07) is 9.75. The van der Waals surface area contributed by atoms with Crippen LogP contribution in [-0.2, 0) is 0 Å². The van der Waals surface area contributed by atoms with E-state index in [1.807, 2.05) is 13.0 Å². The lowest BCUT2D eigenvalue weighted by Crippen LogP contribution is -2.45. The summed E-state index contributed by atoms with van der Waals surface area (Å²) in [5.41, 5.74) is 8.88. The Morgan fingerprint density at radius 2 is 2.00 bits per heavy atom. The molecule has 0 radical (unpaired) electrons. The number of nitrogens with one attached hydrogen (secondary N) is 1. The van der Waals surface area contributed by atoms with E-state index < -0.39 is 0 Å². The summed E-state index contributed by atoms with van der Waals surface area (Å²) in [7, 11) is 2.16. The second kappa shape index (κ2) is 7.59. The van der Waals surface area contributed by atoms with Crippen LogP contribution < -0.4 is 10.3 Å². The number of hydrogen-bond acceptors (Lipinski definition) is 3. The Labute approximate surface area is 172 Å². The lowest BCUT2D eigenvalue weighted by atomic mass is 9.79. The molecule has 0 saturated heterocycles. The lowest BCUT2D eigenvalue weighted by molar-refractivity contribution is 0.0955. The molecule has 28 heavy (non-hydrogen) atoms. The van der Waals surface area contributed by atoms with Crippen molar-refractivity contribution >= 4 is 29.4 Å². The molecule has 4 nitrogen and oxygen atoms in total. The van der Waals surface area contributed by atoms with Crippen LogP contribution in [0.15, 0.2) is 35.4 Å². The number of fused-ring (bicyclic) bond motifs is 1. The molecule has 1 amide bonds. The fourth-order valence-corrected chi connectivity index (χ4v) is 4.22. The van der Waals surface area contributed by atoms with Gasteiger partial charge < -0.3 is 4.90 Å². The van der Waals surface area contributed by atoms with Crippen LogP contribution in [0, 0.1) is 13.8 Å². The van der Waals surface area contributed by atoms with Gasteiger partial charge in [-0.1, -0.05) is 24.6 Å². The molecule has 1 N–H and O–H groups in total. The Morgan fingerprint density at radius 1 is 1.29 bits per heavy atom. The third kappa shape index (κ3) is 3.93. The van der Waals surface area contributed by atoms with Crippen molar-refractivity contribution in [1.82, 2.24) is 5.43 Å². The largest absolute Gasteiger partial charge is 0.369 e. The highest BCUT2D eigenvalue weighted by atomic mass is 35.5. The number of nitrogens with zero attached hydrogens (tertiary/aromatic N) is 2. The van der Waals surface area contributed by atoms with Crippen molar-refractivity contribution in [1.29, 1.82) is 0 Å². The summed E-state index contributed by atoms with van der Waals surface area (Å²) < 4.78 is 0. The van der Waals surface area contributed by atoms with Crippen LogP contribution in [0.4, 0.5) is 5.69 Å². The zero-order chi connectivity index (χ0) is 20.6. The molecule has 1 heterocycles. The van der Waals surface area contributed by atoms with Gasteiger partial charge in [0, 0.05) is 18.3 Å². The average Bonchev–Trinajstić information content (AvgIpc) is 2.60. The van der Waals surface area contributed by atoms with Gasteiger partial charge in [0.25, 0.3) is 5.91 Å². The summed E-state index contributed by atoms with van der Waals surface area (Å²) >= 11 is 6.16. The van der Waals surface area contributed by atoms with Gasteiger partial charge in [-0.3, -0.25) is 4.79 Å². The van der Waals surface area contributed by atoms with Crippen molar-refractivity contribution in [2.24, 2.45) is 5.10 Å². The van der Waals surface area contributed by atoms with Gasteiger partial charge in [0.2, 0.25) is 0 Å². The Bertz CT molecular complexity index is 949. The highest BCUT2D eigenvalue weighted by molar-refractivity contribution is 6.33. The van der Waals surface area contributed by atoms with Gasteiger partial charge >= 0.3 is 0 Å². The maximum Gasteiger partial charge on any atom is 0.272 e. The van der Waals surface area contributed by atoms with Gasteiger partial charge in [0.1, 0.15) is 0 Å². The Balaban J connectivity index is 1.81. The maximum absolute atomic E-state index is 12.3. The maximum atomic E-state index is 12.3. The predicted octanol–water partition coefficient (Wildman–Crippen LogP) is 5.44. The number of carbonyl (C=O) groups is 1. The fourth-order valence-electron chi connectivity index (χ4n) is 3.90. The summed E-state index contributed by atoms with van der Waals surface area (Å²) in [4.78, 5) is 14.7. The van der Waals surface area contributed by atoms with Crippen molar-refractivity contribution in [3.63, 3.8) is 0 Å². The second-order valence-electron chi connectivity index (χ2n) is 8.43. The van der Waals surface area contributed by atoms with Crippen molar-refractivity contribution in [2.45, 2.75) is 52.5 Å². The highest BCUT2D eigenvalue weighted by Crippen LogP contribution is 2.43. The minimum atomic E-state index is -0.313. The zero-order valence-corrected chi connectivity index (χ0v) is 18.2. The molecule has 3 rings (SSSR count). The number of benzene rings is 2. The van der Waals surface area contributed by atoms with Crippen LogP contribution in [0.2, 0.25) is 5.02 Å². The molecule has 1 aliphatic rings. The summed E-state index contributed by atoms with van der Waals surface area (Å²) in [5, 5.41) is 4.59. The molecule has 0 aromatic heterocycles. The third-order valence-corrected chi connectivity index (χ3v) is 6.07. The quantitative estimate of drug-likeness (QED) is 0.553. The van der Waals surface area contributed by atoms with Crippen molar-refractivity contribution in [3.05, 3.63) is 63.2 Å². The van der Waals surface area contributed by atoms with Crippen molar-refractivity contribution in [3.8, 4) is 0 Å². The second-order valence-corrected chi connectivity index (χ2v) is 8.83. The van der Waals surface area contributed by atoms with Gasteiger partial charge in [0.15, 0.2) is 0 Å². The molecule has 1 atom stereocenters. The number of carbonyl (C=O) groups excluding carboxylic acids is 1. The smallest absolute Gasteiger partial charge is 0.272 e. The van der Waals surface area contributed by atoms with Gasteiger partial charge in [-0.15, -0.1) is 0 Å². The summed E-state index contributed by atoms with van der Waals surface area (Å²) in [5.74, 6) is 0.154. The van der Waals surface area contributed by atoms with Gasteiger partial charge in [-0.25, -0.2) is 5.43 Å². The topological polar surface area (TPSA) is 44.7 Å². The molecule has 0 aliphatic carbocycles. The molecule has 1 aliphatic heterocycles. The first-order valence-corrected chi connectivity index (χ1v) is 9.96. The Hall–Kier alpha value is -2.33. The monoisotopic (exact) mass is 397 g/mol. The molecule has 2 aromatic carbocycles. The molecular weight excluding hydrogens is 370 g/mol. The van der Waals surface area contributed by atoms with E-state index in [2.05, 4.69) is 62.3 Å². The SMILES string of the molecule is Cc1ccc(C(=O)N/N=C\c2cc3c(cc2C)N(C)C(C)(C)C[C@@H]3C)c(Cl)c1. The van der Waals surface area contributed by atoms with E-state index in [-0.39, 0.29) is 11.4 Å². The van der Waals surface area contributed by atoms with Gasteiger partial charge in [-0.05, 0) is 86.6 Å². The molecule has 0 bridgehead atoms. The molecule has 0 spiro atoms. The molecule has 148 valence electrons. The normalized spacial score (nSPS) is 18.2. The standard InChI is InChI=1S/C23H28ClN3O/c1-14-7-8-18(20(24)9-14)22(28)26-25-13-17-11-19-16(3)12-23(4,5)27(6)21(19)10-15(17)2/h7-11,13,16H,12H2,1-6H3,(H,26,28)/b25-13-/t16-/m0/s1. The zero-order valence-electron chi connectivity index (χ0n) is 17.4. The minimum absolute atomic E-state index is 0.135. The van der Waals surface area contributed by atoms with Crippen LogP contribution in [-0.4, -0.2) is 24.7 Å². The Morgan fingerprint density at radius 3 is 2.68 bits per heavy atom. The van der Waals surface area contributed by atoms with E-state index in [9.17, 15) is 4.79 Å². The Kier molecular flexibility index (Phi) is 5.53. The molecule has 2 aromatic rings. The molecule has 5 heteroatoms. The van der Waals surface area contributed by atoms with E-state index in [1.165, 1.54) is 11.3 Å². The summed E-state index contributed by atoms with van der Waals surface area (Å²) in [6.45, 7) is 10.8. The van der Waals surface area contributed by atoms with Crippen LogP contribution in [0.3, 0.4) is 0 Å². The van der Waals surface area contributed by atoms with Crippen molar-refractivity contribution in [2.75, 3.05) is 11.9 Å². The van der Waals surface area contributed by atoms with E-state index in [1.54, 1.807) is 18.3 Å². The number of halogens is 1. The van der Waals surface area contributed by atoms with Crippen LogP contribution in [0.25, 0.3) is 0 Å². The number of anilines is 1.